The Balaban J connectivity index is 2.20. The first kappa shape index (κ1) is 24.9. The van der Waals surface area contributed by atoms with E-state index in [0.717, 1.165) is 5.17 Å². The molecule has 0 radical (unpaired) electrons. The van der Waals surface area contributed by atoms with E-state index >= 15 is 0 Å². The summed E-state index contributed by atoms with van der Waals surface area (Å²) in [6.45, 7) is 3.66. The molecule has 1 aliphatic rings. The molecule has 1 aromatic heterocycles. The molecule has 170 valence electrons. The van der Waals surface area contributed by atoms with Gasteiger partial charge in [0.15, 0.2) is 16.7 Å². The summed E-state index contributed by atoms with van der Waals surface area (Å²) in [4.78, 5) is 24.7. The molecule has 0 fully saturated rings. The molecular weight excluding hydrogens is 431 g/mol. The Morgan fingerprint density at radius 3 is 2.91 bits per heavy atom. The van der Waals surface area contributed by atoms with E-state index in [1.54, 1.807) is 14.0 Å². The van der Waals surface area contributed by atoms with Gasteiger partial charge >= 0.3 is 0 Å². The summed E-state index contributed by atoms with van der Waals surface area (Å²) in [6.07, 6.45) is 7.08. The second kappa shape index (κ2) is 11.9. The van der Waals surface area contributed by atoms with Crippen LogP contribution in [0.1, 0.15) is 43.6 Å². The number of nitrogens with two attached hydrogens (primary N) is 1. The number of carbonyl (C=O) groups excluding carboxylic acids is 1. The van der Waals surface area contributed by atoms with Gasteiger partial charge in [0.25, 0.3) is 5.91 Å². The van der Waals surface area contributed by atoms with Crippen LogP contribution in [0.4, 0.5) is 10.2 Å². The number of hydrogen-bond donors (Lipinski definition) is 3. The van der Waals surface area contributed by atoms with E-state index in [9.17, 15) is 9.18 Å². The van der Waals surface area contributed by atoms with Crippen LogP contribution in [0.25, 0.3) is 0 Å². The van der Waals surface area contributed by atoms with Gasteiger partial charge in [-0.15, -0.1) is 5.92 Å². The molecular formula is C22H27FN6O2S. The van der Waals surface area contributed by atoms with Gasteiger partial charge < -0.3 is 21.1 Å². The number of nitrogens with one attached hydrogen (secondary N) is 2. The van der Waals surface area contributed by atoms with Crippen LogP contribution in [0, 0.1) is 11.8 Å². The summed E-state index contributed by atoms with van der Waals surface area (Å²) in [5.41, 5.74) is 5.58. The lowest BCUT2D eigenvalue weighted by Crippen LogP contribution is -2.47. The normalized spacial score (nSPS) is 19.7. The molecule has 0 saturated carbocycles. The second-order valence-electron chi connectivity index (χ2n) is 6.77. The molecule has 1 aromatic rings. The van der Waals surface area contributed by atoms with E-state index in [1.165, 1.54) is 37.2 Å². The standard InChI is InChI=1S/C22H27FN6O2S/c1-5-7-8-16(27-20(30)18-19(24)28-17(31-4)14-26-18)10-9-15(23)13-22(6-2)11-12-32-21(25-3)29-22/h9-12,14H,6,8,13H2,1-4H3,(H2,24,28)(H,25,29)(H,27,30)/b15-9+,16-10+/t22-/m0/s1. The number of nitrogen functional groups attached to an aromatic ring is 1. The lowest BCUT2D eigenvalue weighted by atomic mass is 9.91. The van der Waals surface area contributed by atoms with Crippen molar-refractivity contribution in [2.75, 3.05) is 19.9 Å². The van der Waals surface area contributed by atoms with Crippen molar-refractivity contribution in [1.29, 1.82) is 0 Å². The van der Waals surface area contributed by atoms with Gasteiger partial charge in [-0.25, -0.2) is 9.37 Å². The number of rotatable bonds is 8. The van der Waals surface area contributed by atoms with Crippen LogP contribution in [0.3, 0.4) is 0 Å². The van der Waals surface area contributed by atoms with Crippen LogP contribution in [0.5, 0.6) is 5.88 Å². The predicted octanol–water partition coefficient (Wildman–Crippen LogP) is 3.32. The topological polar surface area (TPSA) is 115 Å². The number of amidine groups is 1. The lowest BCUT2D eigenvalue weighted by molar-refractivity contribution is 0.0961. The first-order chi connectivity index (χ1) is 15.4. The number of methoxy groups -OCH3 is 1. The molecule has 0 saturated heterocycles. The Hall–Kier alpha value is -3.32. The molecule has 1 atom stereocenters. The Kier molecular flexibility index (Phi) is 9.28. The lowest BCUT2D eigenvalue weighted by Gasteiger charge is -2.34. The average Bonchev–Trinajstić information content (AvgIpc) is 2.80. The smallest absolute Gasteiger partial charge is 0.277 e. The van der Waals surface area contributed by atoms with Gasteiger partial charge in [-0.05, 0) is 30.9 Å². The van der Waals surface area contributed by atoms with Gasteiger partial charge in [0.1, 0.15) is 5.83 Å². The fourth-order valence-electron chi connectivity index (χ4n) is 2.80. The number of carbonyl (C=O) groups is 1. The first-order valence-corrected chi connectivity index (χ1v) is 10.8. The maximum Gasteiger partial charge on any atom is 0.277 e. The number of thioether (sulfide) groups is 1. The summed E-state index contributed by atoms with van der Waals surface area (Å²) < 4.78 is 19.8. The maximum absolute atomic E-state index is 14.8. The number of ether oxygens (including phenoxy) is 1. The van der Waals surface area contributed by atoms with Crippen LogP contribution in [0.2, 0.25) is 0 Å². The Morgan fingerprint density at radius 1 is 1.50 bits per heavy atom. The number of amides is 1. The number of aliphatic imine (C=N–C) groups is 1. The minimum absolute atomic E-state index is 0.0593. The van der Waals surface area contributed by atoms with Gasteiger partial charge in [0.05, 0.1) is 18.8 Å². The van der Waals surface area contributed by atoms with Crippen molar-refractivity contribution in [1.82, 2.24) is 20.6 Å². The SMILES string of the molecule is CC#CC/C(=C\C=C(\F)C[C@]1(CC)C=CSC(=NC)N1)NC(=O)c1ncc(OC)nc1N. The maximum atomic E-state index is 14.8. The van der Waals surface area contributed by atoms with Crippen LogP contribution in [-0.2, 0) is 0 Å². The summed E-state index contributed by atoms with van der Waals surface area (Å²) in [5, 5.41) is 8.61. The fourth-order valence-corrected chi connectivity index (χ4v) is 3.63. The highest BCUT2D eigenvalue weighted by molar-refractivity contribution is 8.16. The first-order valence-electron chi connectivity index (χ1n) is 9.88. The predicted molar refractivity (Wildman–Crippen MR) is 127 cm³/mol. The van der Waals surface area contributed by atoms with Crippen molar-refractivity contribution >= 4 is 28.7 Å². The highest BCUT2D eigenvalue weighted by atomic mass is 32.2. The van der Waals surface area contributed by atoms with E-state index in [2.05, 4.69) is 37.4 Å². The number of aromatic nitrogens is 2. The molecule has 0 spiro atoms. The van der Waals surface area contributed by atoms with Crippen LogP contribution >= 0.6 is 11.8 Å². The zero-order chi connectivity index (χ0) is 23.6. The molecule has 32 heavy (non-hydrogen) atoms. The fraction of sp³-hybridized carbons (Fsp3) is 0.364. The number of allylic oxidation sites excluding steroid dienone is 3. The van der Waals surface area contributed by atoms with Crippen molar-refractivity contribution in [3.8, 4) is 17.7 Å². The Labute approximate surface area is 191 Å². The molecule has 2 rings (SSSR count). The van der Waals surface area contributed by atoms with Crippen LogP contribution < -0.4 is 21.1 Å². The minimum Gasteiger partial charge on any atom is -0.480 e. The van der Waals surface area contributed by atoms with Crippen LogP contribution in [0.15, 0.2) is 46.3 Å². The summed E-state index contributed by atoms with van der Waals surface area (Å²) in [6, 6.07) is 0. The van der Waals surface area contributed by atoms with Crippen molar-refractivity contribution in [3.63, 3.8) is 0 Å². The molecule has 2 heterocycles. The molecule has 0 aromatic carbocycles. The zero-order valence-electron chi connectivity index (χ0n) is 18.5. The zero-order valence-corrected chi connectivity index (χ0v) is 19.3. The van der Waals surface area contributed by atoms with Crippen molar-refractivity contribution < 1.29 is 13.9 Å². The molecule has 1 amide bonds. The van der Waals surface area contributed by atoms with Crippen molar-refractivity contribution in [2.45, 2.75) is 38.6 Å². The van der Waals surface area contributed by atoms with Gasteiger partial charge in [0, 0.05) is 25.6 Å². The molecule has 1 aliphatic heterocycles. The third kappa shape index (κ3) is 6.85. The van der Waals surface area contributed by atoms with E-state index in [-0.39, 0.29) is 36.1 Å². The number of hydrogen-bond acceptors (Lipinski definition) is 7. The largest absolute Gasteiger partial charge is 0.480 e. The summed E-state index contributed by atoms with van der Waals surface area (Å²) >= 11 is 1.46. The van der Waals surface area contributed by atoms with Crippen molar-refractivity contribution in [3.05, 3.63) is 47.1 Å². The van der Waals surface area contributed by atoms with Gasteiger partial charge in [0.2, 0.25) is 5.88 Å². The number of nitrogens with zero attached hydrogens (tertiary/aromatic N) is 3. The van der Waals surface area contributed by atoms with E-state index in [4.69, 9.17) is 10.5 Å². The van der Waals surface area contributed by atoms with E-state index < -0.39 is 11.4 Å². The number of anilines is 1. The third-order valence-corrected chi connectivity index (χ3v) is 5.42. The monoisotopic (exact) mass is 458 g/mol. The van der Waals surface area contributed by atoms with Gasteiger partial charge in [-0.3, -0.25) is 9.79 Å². The molecule has 4 N–H and O–H groups in total. The summed E-state index contributed by atoms with van der Waals surface area (Å²) in [7, 11) is 3.11. The average molecular weight is 459 g/mol. The van der Waals surface area contributed by atoms with E-state index in [1.807, 2.05) is 18.4 Å². The third-order valence-electron chi connectivity index (χ3n) is 4.64. The Bertz CT molecular complexity index is 1020. The van der Waals surface area contributed by atoms with Gasteiger partial charge in [-0.2, -0.15) is 4.98 Å². The van der Waals surface area contributed by atoms with Gasteiger partial charge in [-0.1, -0.05) is 30.7 Å². The summed E-state index contributed by atoms with van der Waals surface area (Å²) in [5.74, 6) is 4.81. The highest BCUT2D eigenvalue weighted by Crippen LogP contribution is 2.29. The van der Waals surface area contributed by atoms with Crippen molar-refractivity contribution in [2.24, 2.45) is 4.99 Å². The molecule has 0 aliphatic carbocycles. The van der Waals surface area contributed by atoms with Crippen LogP contribution in [-0.4, -0.2) is 40.7 Å². The molecule has 0 bridgehead atoms. The minimum atomic E-state index is -0.571. The highest BCUT2D eigenvalue weighted by Gasteiger charge is 2.30. The van der Waals surface area contributed by atoms with E-state index in [0.29, 0.717) is 12.1 Å². The molecule has 0 unspecified atom stereocenters. The Morgan fingerprint density at radius 2 is 2.28 bits per heavy atom. The second-order valence-corrected chi connectivity index (χ2v) is 7.66. The number of halogens is 1. The molecule has 10 heteroatoms. The quantitative estimate of drug-likeness (QED) is 0.404. The molecule has 8 nitrogen and oxygen atoms in total.